The predicted molar refractivity (Wildman–Crippen MR) is 75.5 cm³/mol. The number of nitrogens with zero attached hydrogens (tertiary/aromatic N) is 1. The van der Waals surface area contributed by atoms with Gasteiger partial charge < -0.3 is 4.74 Å². The maximum absolute atomic E-state index is 12.6. The van der Waals surface area contributed by atoms with Crippen LogP contribution in [0, 0.1) is 0 Å². The minimum Gasteiger partial charge on any atom is -0.493 e. The molecule has 0 aromatic heterocycles. The first-order valence-corrected chi connectivity index (χ1v) is 7.61. The number of hydrogen-bond acceptors (Lipinski definition) is 2. The molecular weight excluding hydrogens is 316 g/mol. The zero-order valence-corrected chi connectivity index (χ0v) is 12.3. The Morgan fingerprint density at radius 2 is 2.16 bits per heavy atom. The van der Waals surface area contributed by atoms with E-state index in [0.29, 0.717) is 25.0 Å². The van der Waals surface area contributed by atoms with Gasteiger partial charge in [0.2, 0.25) is 0 Å². The van der Waals surface area contributed by atoms with Crippen LogP contribution < -0.4 is 4.74 Å². The Hall–Kier alpha value is -0.680. The van der Waals surface area contributed by atoms with Crippen LogP contribution in [0.5, 0.6) is 5.75 Å². The van der Waals surface area contributed by atoms with E-state index in [-0.39, 0.29) is 12.5 Å². The molecule has 0 amide bonds. The summed E-state index contributed by atoms with van der Waals surface area (Å²) in [5, 5.41) is 0.713. The van der Waals surface area contributed by atoms with Crippen LogP contribution in [0.1, 0.15) is 17.9 Å². The number of ether oxygens (including phenoxy) is 1. The van der Waals surface area contributed by atoms with E-state index in [1.165, 1.54) is 0 Å². The second kappa shape index (κ2) is 7.20. The third-order valence-corrected chi connectivity index (χ3v) is 3.71. The van der Waals surface area contributed by atoms with Crippen LogP contribution in [-0.4, -0.2) is 42.9 Å². The predicted octanol–water partition coefficient (Wildman–Crippen LogP) is 3.51. The zero-order chi connectivity index (χ0) is 13.7. The summed E-state index contributed by atoms with van der Waals surface area (Å²) in [5.74, 6) is 1.18. The van der Waals surface area contributed by atoms with Gasteiger partial charge in [0.15, 0.2) is 0 Å². The van der Waals surface area contributed by atoms with Crippen LogP contribution in [0.25, 0.3) is 0 Å². The summed E-state index contributed by atoms with van der Waals surface area (Å²) in [7, 11) is 0. The first-order valence-electron chi connectivity index (χ1n) is 6.49. The molecule has 1 aliphatic rings. The normalized spacial score (nSPS) is 18.5. The quantitative estimate of drug-likeness (QED) is 0.738. The van der Waals surface area contributed by atoms with E-state index in [2.05, 4.69) is 15.9 Å². The molecule has 1 atom stereocenters. The maximum Gasteiger partial charge on any atom is 0.251 e. The molecule has 1 heterocycles. The molecule has 106 valence electrons. The molecule has 2 rings (SSSR count). The van der Waals surface area contributed by atoms with Gasteiger partial charge in [-0.1, -0.05) is 34.1 Å². The molecule has 0 fully saturated rings. The SMILES string of the molecule is FC(F)CN(CCBr)CC1CCOc2ccccc21. The molecule has 0 saturated heterocycles. The molecule has 2 nitrogen and oxygen atoms in total. The molecule has 0 N–H and O–H groups in total. The van der Waals surface area contributed by atoms with Gasteiger partial charge >= 0.3 is 0 Å². The summed E-state index contributed by atoms with van der Waals surface area (Å²) in [6, 6.07) is 7.90. The van der Waals surface area contributed by atoms with E-state index >= 15 is 0 Å². The Balaban J connectivity index is 2.05. The zero-order valence-electron chi connectivity index (χ0n) is 10.7. The number of benzene rings is 1. The fraction of sp³-hybridized carbons (Fsp3) is 0.571. The van der Waals surface area contributed by atoms with Crippen LogP contribution in [0.3, 0.4) is 0 Å². The Bertz CT molecular complexity index is 403. The smallest absolute Gasteiger partial charge is 0.251 e. The molecule has 1 unspecified atom stereocenters. The fourth-order valence-electron chi connectivity index (χ4n) is 2.49. The standard InChI is InChI=1S/C14H18BrF2NO/c15-6-7-18(10-14(16)17)9-11-5-8-19-13-4-2-1-3-12(11)13/h1-4,11,14H,5-10H2. The number of para-hydroxylation sites is 1. The van der Waals surface area contributed by atoms with E-state index in [0.717, 1.165) is 17.7 Å². The number of alkyl halides is 3. The van der Waals surface area contributed by atoms with Gasteiger partial charge in [0, 0.05) is 24.3 Å². The third kappa shape index (κ3) is 4.14. The van der Waals surface area contributed by atoms with Gasteiger partial charge in [-0.05, 0) is 18.1 Å². The van der Waals surface area contributed by atoms with Crippen LogP contribution in [-0.2, 0) is 0 Å². The van der Waals surface area contributed by atoms with Crippen molar-refractivity contribution in [3.63, 3.8) is 0 Å². The van der Waals surface area contributed by atoms with Crippen molar-refractivity contribution in [1.29, 1.82) is 0 Å². The lowest BCUT2D eigenvalue weighted by molar-refractivity contribution is 0.0854. The van der Waals surface area contributed by atoms with Crippen molar-refractivity contribution in [2.24, 2.45) is 0 Å². The molecule has 0 bridgehead atoms. The van der Waals surface area contributed by atoms with Crippen molar-refractivity contribution in [3.8, 4) is 5.75 Å². The molecule has 0 aliphatic carbocycles. The van der Waals surface area contributed by atoms with Gasteiger partial charge in [0.25, 0.3) is 6.43 Å². The Morgan fingerprint density at radius 1 is 1.37 bits per heavy atom. The lowest BCUT2D eigenvalue weighted by Gasteiger charge is -2.31. The average molecular weight is 334 g/mol. The highest BCUT2D eigenvalue weighted by atomic mass is 79.9. The third-order valence-electron chi connectivity index (χ3n) is 3.36. The maximum atomic E-state index is 12.6. The van der Waals surface area contributed by atoms with E-state index in [1.54, 1.807) is 0 Å². The molecule has 19 heavy (non-hydrogen) atoms. The lowest BCUT2D eigenvalue weighted by Crippen LogP contribution is -2.35. The summed E-state index contributed by atoms with van der Waals surface area (Å²) >= 11 is 3.33. The number of rotatable bonds is 6. The topological polar surface area (TPSA) is 12.5 Å². The highest BCUT2D eigenvalue weighted by Gasteiger charge is 2.24. The monoisotopic (exact) mass is 333 g/mol. The van der Waals surface area contributed by atoms with E-state index in [4.69, 9.17) is 4.74 Å². The van der Waals surface area contributed by atoms with Crippen molar-refractivity contribution in [2.75, 3.05) is 31.6 Å². The van der Waals surface area contributed by atoms with E-state index < -0.39 is 6.43 Å². The van der Waals surface area contributed by atoms with Crippen molar-refractivity contribution >= 4 is 15.9 Å². The van der Waals surface area contributed by atoms with Crippen molar-refractivity contribution in [3.05, 3.63) is 29.8 Å². The largest absolute Gasteiger partial charge is 0.493 e. The first-order chi connectivity index (χ1) is 9.20. The van der Waals surface area contributed by atoms with Gasteiger partial charge in [0.05, 0.1) is 13.2 Å². The number of hydrogen-bond donors (Lipinski definition) is 0. The molecule has 1 aromatic carbocycles. The molecule has 0 radical (unpaired) electrons. The molecule has 5 heteroatoms. The average Bonchev–Trinajstić information content (AvgIpc) is 2.39. The number of halogens is 3. The van der Waals surface area contributed by atoms with Crippen LogP contribution in [0.2, 0.25) is 0 Å². The van der Waals surface area contributed by atoms with Gasteiger partial charge in [-0.25, -0.2) is 8.78 Å². The summed E-state index contributed by atoms with van der Waals surface area (Å²) < 4.78 is 30.8. The van der Waals surface area contributed by atoms with Crippen molar-refractivity contribution < 1.29 is 13.5 Å². The summed E-state index contributed by atoms with van der Waals surface area (Å²) in [6.45, 7) is 1.81. The van der Waals surface area contributed by atoms with Gasteiger partial charge in [0.1, 0.15) is 5.75 Å². The Labute approximate surface area is 120 Å². The molecule has 1 aromatic rings. The van der Waals surface area contributed by atoms with Crippen LogP contribution in [0.4, 0.5) is 8.78 Å². The van der Waals surface area contributed by atoms with Gasteiger partial charge in [-0.2, -0.15) is 0 Å². The second-order valence-corrected chi connectivity index (χ2v) is 5.50. The van der Waals surface area contributed by atoms with Crippen LogP contribution >= 0.6 is 15.9 Å². The highest BCUT2D eigenvalue weighted by Crippen LogP contribution is 2.33. The summed E-state index contributed by atoms with van der Waals surface area (Å²) in [5.41, 5.74) is 1.14. The van der Waals surface area contributed by atoms with Gasteiger partial charge in [-0.15, -0.1) is 0 Å². The minimum absolute atomic E-state index is 0.162. The minimum atomic E-state index is -2.28. The highest BCUT2D eigenvalue weighted by molar-refractivity contribution is 9.09. The van der Waals surface area contributed by atoms with Gasteiger partial charge in [-0.3, -0.25) is 4.90 Å². The van der Waals surface area contributed by atoms with Crippen molar-refractivity contribution in [2.45, 2.75) is 18.8 Å². The number of fused-ring (bicyclic) bond motifs is 1. The molecule has 0 saturated carbocycles. The second-order valence-electron chi connectivity index (χ2n) is 4.71. The first kappa shape index (κ1) is 14.7. The molecular formula is C14H18BrF2NO. The summed E-state index contributed by atoms with van der Waals surface area (Å²) in [6.07, 6.45) is -1.40. The van der Waals surface area contributed by atoms with E-state index in [9.17, 15) is 8.78 Å². The fourth-order valence-corrected chi connectivity index (χ4v) is 2.99. The molecule has 1 aliphatic heterocycles. The van der Waals surface area contributed by atoms with Crippen molar-refractivity contribution in [1.82, 2.24) is 4.90 Å². The van der Waals surface area contributed by atoms with Crippen LogP contribution in [0.15, 0.2) is 24.3 Å². The Kier molecular flexibility index (Phi) is 5.58. The Morgan fingerprint density at radius 3 is 2.89 bits per heavy atom. The molecule has 0 spiro atoms. The lowest BCUT2D eigenvalue weighted by atomic mass is 9.92. The summed E-state index contributed by atoms with van der Waals surface area (Å²) in [4.78, 5) is 1.83. The van der Waals surface area contributed by atoms with E-state index in [1.807, 2.05) is 29.2 Å².